The minimum atomic E-state index is -0.210. The summed E-state index contributed by atoms with van der Waals surface area (Å²) < 4.78 is 18.8. The Balaban J connectivity index is 1.69. The second-order valence-electron chi connectivity index (χ2n) is 7.23. The van der Waals surface area contributed by atoms with Crippen molar-refractivity contribution in [3.05, 3.63) is 51.8 Å². The van der Waals surface area contributed by atoms with E-state index in [0.717, 1.165) is 35.3 Å². The molecule has 5 rings (SSSR count). The quantitative estimate of drug-likeness (QED) is 0.653. The molecule has 2 aromatic carbocycles. The fourth-order valence-corrected chi connectivity index (χ4v) is 4.20. The van der Waals surface area contributed by atoms with Crippen LogP contribution < -0.4 is 14.2 Å². The molecule has 3 aromatic rings. The Labute approximate surface area is 172 Å². The maximum Gasteiger partial charge on any atom is 0.231 e. The van der Waals surface area contributed by atoms with Crippen LogP contribution in [0.2, 0.25) is 5.02 Å². The molecular weight excluding hydrogens is 394 g/mol. The molecule has 29 heavy (non-hydrogen) atoms. The number of nitrogens with zero attached hydrogens (tertiary/aromatic N) is 5. The number of aryl methyl sites for hydroxylation is 1. The molecule has 1 unspecified atom stereocenters. The topological polar surface area (TPSA) is 74.5 Å². The van der Waals surface area contributed by atoms with E-state index in [1.807, 2.05) is 31.2 Å². The molecule has 9 heteroatoms. The minimum Gasteiger partial charge on any atom is -0.492 e. The summed E-state index contributed by atoms with van der Waals surface area (Å²) in [6.07, 6.45) is 0.868. The lowest BCUT2D eigenvalue weighted by atomic mass is 9.90. The van der Waals surface area contributed by atoms with Gasteiger partial charge in [0.2, 0.25) is 12.5 Å². The maximum atomic E-state index is 6.35. The van der Waals surface area contributed by atoms with Crippen LogP contribution >= 0.6 is 11.6 Å². The molecule has 3 heterocycles. The summed E-state index contributed by atoms with van der Waals surface area (Å²) in [5.41, 5.74) is 3.95. The van der Waals surface area contributed by atoms with E-state index in [1.54, 1.807) is 11.8 Å². The SMILES string of the molecule is COc1c2c(cc3c1C(c1nnnn1-c1ccc(C)c(Cl)c1)N(C)CC3)OCO2. The van der Waals surface area contributed by atoms with Gasteiger partial charge in [0.15, 0.2) is 17.3 Å². The molecule has 0 saturated heterocycles. The Morgan fingerprint density at radius 1 is 1.24 bits per heavy atom. The van der Waals surface area contributed by atoms with E-state index in [9.17, 15) is 0 Å². The monoisotopic (exact) mass is 413 g/mol. The van der Waals surface area contributed by atoms with E-state index in [1.165, 1.54) is 0 Å². The number of halogens is 1. The highest BCUT2D eigenvalue weighted by Gasteiger charge is 2.37. The number of hydrogen-bond acceptors (Lipinski definition) is 7. The number of aromatic nitrogens is 4. The lowest BCUT2D eigenvalue weighted by Gasteiger charge is -2.34. The molecular formula is C20H20ClN5O3. The minimum absolute atomic E-state index is 0.189. The number of likely N-dealkylation sites (N-methyl/N-ethyl adjacent to an activating group) is 1. The zero-order chi connectivity index (χ0) is 20.1. The van der Waals surface area contributed by atoms with Crippen molar-refractivity contribution >= 4 is 11.6 Å². The van der Waals surface area contributed by atoms with Gasteiger partial charge in [0, 0.05) is 17.1 Å². The van der Waals surface area contributed by atoms with E-state index in [-0.39, 0.29) is 12.8 Å². The maximum absolute atomic E-state index is 6.35. The first-order valence-corrected chi connectivity index (χ1v) is 9.70. The van der Waals surface area contributed by atoms with Crippen molar-refractivity contribution in [2.75, 3.05) is 27.5 Å². The molecule has 0 aliphatic carbocycles. The van der Waals surface area contributed by atoms with E-state index >= 15 is 0 Å². The Kier molecular flexibility index (Phi) is 4.33. The summed E-state index contributed by atoms with van der Waals surface area (Å²) in [5.74, 6) is 2.70. The van der Waals surface area contributed by atoms with Crippen LogP contribution in [-0.4, -0.2) is 52.6 Å². The first-order valence-electron chi connectivity index (χ1n) is 9.33. The molecule has 0 saturated carbocycles. The lowest BCUT2D eigenvalue weighted by molar-refractivity contribution is 0.170. The Hall–Kier alpha value is -2.84. The van der Waals surface area contributed by atoms with Gasteiger partial charge in [-0.05, 0) is 60.1 Å². The molecule has 0 fully saturated rings. The van der Waals surface area contributed by atoms with Gasteiger partial charge in [-0.25, -0.2) is 0 Å². The van der Waals surface area contributed by atoms with Gasteiger partial charge < -0.3 is 14.2 Å². The van der Waals surface area contributed by atoms with Crippen LogP contribution in [0, 0.1) is 6.92 Å². The Bertz CT molecular complexity index is 1100. The second kappa shape index (κ2) is 6.89. The number of hydrogen-bond donors (Lipinski definition) is 0. The predicted octanol–water partition coefficient (Wildman–Crippen LogP) is 2.94. The predicted molar refractivity (Wildman–Crippen MR) is 106 cm³/mol. The van der Waals surface area contributed by atoms with Gasteiger partial charge in [-0.1, -0.05) is 17.7 Å². The van der Waals surface area contributed by atoms with Crippen molar-refractivity contribution in [1.29, 1.82) is 0 Å². The molecule has 0 radical (unpaired) electrons. The van der Waals surface area contributed by atoms with E-state index < -0.39 is 0 Å². The van der Waals surface area contributed by atoms with Gasteiger partial charge in [-0.2, -0.15) is 4.68 Å². The van der Waals surface area contributed by atoms with Crippen LogP contribution in [0.4, 0.5) is 0 Å². The number of rotatable bonds is 3. The molecule has 2 aliphatic rings. The highest BCUT2D eigenvalue weighted by atomic mass is 35.5. The third kappa shape index (κ3) is 2.82. The van der Waals surface area contributed by atoms with Gasteiger partial charge in [0.05, 0.1) is 12.8 Å². The average molecular weight is 414 g/mol. The van der Waals surface area contributed by atoms with Crippen LogP contribution in [0.25, 0.3) is 5.69 Å². The van der Waals surface area contributed by atoms with Crippen LogP contribution in [0.1, 0.15) is 28.6 Å². The van der Waals surface area contributed by atoms with Crippen molar-refractivity contribution in [2.45, 2.75) is 19.4 Å². The molecule has 0 bridgehead atoms. The summed E-state index contributed by atoms with van der Waals surface area (Å²) in [7, 11) is 3.70. The number of benzene rings is 2. The number of tetrazole rings is 1. The molecule has 1 aromatic heterocycles. The number of ether oxygens (including phenoxy) is 3. The highest BCUT2D eigenvalue weighted by molar-refractivity contribution is 6.31. The zero-order valence-electron chi connectivity index (χ0n) is 16.3. The van der Waals surface area contributed by atoms with Gasteiger partial charge in [0.1, 0.15) is 6.04 Å². The van der Waals surface area contributed by atoms with Gasteiger partial charge in [0.25, 0.3) is 0 Å². The van der Waals surface area contributed by atoms with Crippen LogP contribution in [0.3, 0.4) is 0 Å². The molecule has 150 valence electrons. The molecule has 2 aliphatic heterocycles. The van der Waals surface area contributed by atoms with Crippen LogP contribution in [0.5, 0.6) is 17.2 Å². The van der Waals surface area contributed by atoms with E-state index in [0.29, 0.717) is 28.1 Å². The fraction of sp³-hybridized carbons (Fsp3) is 0.350. The average Bonchev–Trinajstić information content (AvgIpc) is 3.38. The van der Waals surface area contributed by atoms with Crippen molar-refractivity contribution in [3.8, 4) is 22.9 Å². The van der Waals surface area contributed by atoms with Gasteiger partial charge >= 0.3 is 0 Å². The fourth-order valence-electron chi connectivity index (χ4n) is 4.02. The third-order valence-electron chi connectivity index (χ3n) is 5.53. The molecule has 8 nitrogen and oxygen atoms in total. The van der Waals surface area contributed by atoms with Crippen LogP contribution in [0.15, 0.2) is 24.3 Å². The summed E-state index contributed by atoms with van der Waals surface area (Å²) in [5, 5.41) is 13.2. The van der Waals surface area contributed by atoms with Crippen molar-refractivity contribution in [1.82, 2.24) is 25.1 Å². The smallest absolute Gasteiger partial charge is 0.231 e. The lowest BCUT2D eigenvalue weighted by Crippen LogP contribution is -2.35. The first kappa shape index (κ1) is 18.2. The second-order valence-corrected chi connectivity index (χ2v) is 7.64. The summed E-state index contributed by atoms with van der Waals surface area (Å²) in [6.45, 7) is 3.00. The molecule has 1 atom stereocenters. The molecule has 0 N–H and O–H groups in total. The van der Waals surface area contributed by atoms with Crippen molar-refractivity contribution in [2.24, 2.45) is 0 Å². The summed E-state index contributed by atoms with van der Waals surface area (Å²) in [6, 6.07) is 7.62. The summed E-state index contributed by atoms with van der Waals surface area (Å²) >= 11 is 6.35. The Morgan fingerprint density at radius 2 is 2.10 bits per heavy atom. The number of fused-ring (bicyclic) bond motifs is 2. The van der Waals surface area contributed by atoms with E-state index in [4.69, 9.17) is 25.8 Å². The van der Waals surface area contributed by atoms with Gasteiger partial charge in [-0.3, -0.25) is 4.90 Å². The zero-order valence-corrected chi connectivity index (χ0v) is 17.1. The highest BCUT2D eigenvalue weighted by Crippen LogP contribution is 2.50. The first-order chi connectivity index (χ1) is 14.1. The Morgan fingerprint density at radius 3 is 2.90 bits per heavy atom. The van der Waals surface area contributed by atoms with E-state index in [2.05, 4.69) is 27.5 Å². The third-order valence-corrected chi connectivity index (χ3v) is 5.94. The van der Waals surface area contributed by atoms with Crippen molar-refractivity contribution < 1.29 is 14.2 Å². The molecule has 0 amide bonds. The van der Waals surface area contributed by atoms with Crippen molar-refractivity contribution in [3.63, 3.8) is 0 Å². The summed E-state index contributed by atoms with van der Waals surface area (Å²) in [4.78, 5) is 2.21. The van der Waals surface area contributed by atoms with Crippen LogP contribution in [-0.2, 0) is 6.42 Å². The normalized spacial score (nSPS) is 18.0. The standard InChI is InChI=1S/C20H20ClN5O3/c1-11-4-5-13(9-14(11)21)26-20(22-23-24-26)17-16-12(6-7-25(17)2)8-15-18(19(16)27-3)29-10-28-15/h4-5,8-9,17H,6-7,10H2,1-3H3. The molecule has 0 spiro atoms. The van der Waals surface area contributed by atoms with Gasteiger partial charge in [-0.15, -0.1) is 5.10 Å². The largest absolute Gasteiger partial charge is 0.492 e. The number of methoxy groups -OCH3 is 1.